The number of carboxylic acid groups (broad SMARTS) is 1. The van der Waals surface area contributed by atoms with Gasteiger partial charge in [0.1, 0.15) is 4.32 Å². The molecule has 3 rings (SSSR count). The average Bonchev–Trinajstić information content (AvgIpc) is 2.99. The molecule has 158 valence electrons. The van der Waals surface area contributed by atoms with Gasteiger partial charge in [0.2, 0.25) is 5.91 Å². The highest BCUT2D eigenvalue weighted by molar-refractivity contribution is 8.26. The molecule has 0 aromatic heterocycles. The number of amides is 2. The second kappa shape index (κ2) is 10.2. The molecule has 2 aromatic rings. The fraction of sp³-hybridized carbons (Fsp3) is 0.130. The maximum absolute atomic E-state index is 12.7. The average molecular weight is 453 g/mol. The predicted octanol–water partition coefficient (Wildman–Crippen LogP) is 4.56. The molecule has 8 heteroatoms. The van der Waals surface area contributed by atoms with Crippen LogP contribution in [0.25, 0.3) is 6.08 Å². The number of hydrogen-bond donors (Lipinski definition) is 2. The summed E-state index contributed by atoms with van der Waals surface area (Å²) in [6.45, 7) is 2.06. The summed E-state index contributed by atoms with van der Waals surface area (Å²) in [5.74, 6) is -1.63. The molecule has 1 fully saturated rings. The van der Waals surface area contributed by atoms with Gasteiger partial charge in [-0.1, -0.05) is 66.5 Å². The molecule has 0 spiro atoms. The van der Waals surface area contributed by atoms with Crippen LogP contribution in [0.15, 0.2) is 71.2 Å². The quantitative estimate of drug-likeness (QED) is 0.473. The predicted molar refractivity (Wildman–Crippen MR) is 127 cm³/mol. The summed E-state index contributed by atoms with van der Waals surface area (Å²) in [7, 11) is 0. The molecule has 0 bridgehead atoms. The Morgan fingerprint density at radius 2 is 1.90 bits per heavy atom. The van der Waals surface area contributed by atoms with Crippen molar-refractivity contribution in [1.29, 1.82) is 0 Å². The maximum Gasteiger partial charge on any atom is 0.335 e. The topological polar surface area (TPSA) is 86.7 Å². The number of carbonyl (C=O) groups is 3. The highest BCUT2D eigenvalue weighted by Gasteiger charge is 2.32. The van der Waals surface area contributed by atoms with E-state index in [0.29, 0.717) is 14.9 Å². The smallest absolute Gasteiger partial charge is 0.335 e. The Labute approximate surface area is 189 Å². The van der Waals surface area contributed by atoms with E-state index in [1.807, 2.05) is 43.3 Å². The van der Waals surface area contributed by atoms with Gasteiger partial charge in [0.25, 0.3) is 5.91 Å². The molecule has 1 aliphatic rings. The van der Waals surface area contributed by atoms with E-state index in [9.17, 15) is 14.4 Å². The molecule has 1 saturated heterocycles. The number of nitrogens with one attached hydrogen (secondary N) is 1. The molecule has 1 aliphatic heterocycles. The summed E-state index contributed by atoms with van der Waals surface area (Å²) in [6.07, 6.45) is 3.81. The van der Waals surface area contributed by atoms with E-state index in [2.05, 4.69) is 5.32 Å². The number of carboxylic acids is 1. The molecule has 2 aromatic carbocycles. The van der Waals surface area contributed by atoms with E-state index in [-0.39, 0.29) is 30.3 Å². The van der Waals surface area contributed by atoms with Crippen LogP contribution in [0.1, 0.15) is 29.3 Å². The Bertz CT molecular complexity index is 1090. The van der Waals surface area contributed by atoms with Crippen molar-refractivity contribution < 1.29 is 19.5 Å². The Morgan fingerprint density at radius 1 is 1.16 bits per heavy atom. The largest absolute Gasteiger partial charge is 0.478 e. The van der Waals surface area contributed by atoms with Gasteiger partial charge in [-0.2, -0.15) is 0 Å². The first kappa shape index (κ1) is 22.5. The number of hydrogen-bond acceptors (Lipinski definition) is 5. The minimum absolute atomic E-state index is 0.0376. The fourth-order valence-electron chi connectivity index (χ4n) is 2.92. The van der Waals surface area contributed by atoms with Crippen molar-refractivity contribution in [3.05, 3.63) is 82.3 Å². The van der Waals surface area contributed by atoms with Crippen LogP contribution in [0.5, 0.6) is 0 Å². The first-order chi connectivity index (χ1) is 14.8. The first-order valence-corrected chi connectivity index (χ1v) is 10.7. The van der Waals surface area contributed by atoms with E-state index in [0.717, 1.165) is 11.1 Å². The van der Waals surface area contributed by atoms with Gasteiger partial charge < -0.3 is 10.4 Å². The highest BCUT2D eigenvalue weighted by atomic mass is 32.2. The summed E-state index contributed by atoms with van der Waals surface area (Å²) in [6, 6.07) is 15.8. The molecule has 0 radical (unpaired) electrons. The van der Waals surface area contributed by atoms with E-state index >= 15 is 0 Å². The molecule has 0 unspecified atom stereocenters. The zero-order valence-electron chi connectivity index (χ0n) is 16.7. The molecule has 0 aliphatic carbocycles. The van der Waals surface area contributed by atoms with E-state index in [1.54, 1.807) is 18.2 Å². The van der Waals surface area contributed by atoms with Gasteiger partial charge in [-0.05, 0) is 42.3 Å². The maximum atomic E-state index is 12.7. The third-order valence-corrected chi connectivity index (χ3v) is 5.76. The molecule has 31 heavy (non-hydrogen) atoms. The van der Waals surface area contributed by atoms with Gasteiger partial charge in [-0.25, -0.2) is 4.79 Å². The van der Waals surface area contributed by atoms with Crippen LogP contribution >= 0.6 is 24.0 Å². The van der Waals surface area contributed by atoms with Crippen LogP contribution in [0.3, 0.4) is 0 Å². The molecule has 6 nitrogen and oxygen atoms in total. The molecular formula is C23H20N2O4S2. The van der Waals surface area contributed by atoms with Crippen LogP contribution in [0, 0.1) is 0 Å². The lowest BCUT2D eigenvalue weighted by Crippen LogP contribution is -2.31. The molecule has 1 heterocycles. The molecule has 2 amide bonds. The number of thioether (sulfide) groups is 1. The van der Waals surface area contributed by atoms with Crippen LogP contribution in [-0.4, -0.2) is 38.7 Å². The van der Waals surface area contributed by atoms with Crippen molar-refractivity contribution in [2.75, 3.05) is 11.9 Å². The van der Waals surface area contributed by atoms with Crippen molar-refractivity contribution in [2.24, 2.45) is 0 Å². The van der Waals surface area contributed by atoms with Crippen LogP contribution in [0.4, 0.5) is 5.69 Å². The van der Waals surface area contributed by atoms with Crippen molar-refractivity contribution >= 4 is 57.8 Å². The Balaban J connectivity index is 1.60. The van der Waals surface area contributed by atoms with Crippen LogP contribution in [0.2, 0.25) is 0 Å². The fourth-order valence-corrected chi connectivity index (χ4v) is 4.28. The molecule has 0 saturated carbocycles. The zero-order valence-corrected chi connectivity index (χ0v) is 18.3. The molecular weight excluding hydrogens is 432 g/mol. The van der Waals surface area contributed by atoms with E-state index < -0.39 is 5.97 Å². The van der Waals surface area contributed by atoms with Gasteiger partial charge in [-0.3, -0.25) is 14.5 Å². The van der Waals surface area contributed by atoms with Crippen molar-refractivity contribution in [3.8, 4) is 0 Å². The van der Waals surface area contributed by atoms with E-state index in [1.165, 1.54) is 28.8 Å². The number of aromatic carboxylic acids is 1. The van der Waals surface area contributed by atoms with Crippen LogP contribution in [-0.2, 0) is 9.59 Å². The number of allylic oxidation sites excluding steroid dienone is 2. The summed E-state index contributed by atoms with van der Waals surface area (Å²) < 4.78 is 0.407. The standard InChI is InChI=1S/C23H20N2O4S2/c1-15(12-16-6-3-2-4-7-16)13-19-21(27)25(23(30)31-19)11-10-20(26)24-18-9-5-8-17(14-18)22(28)29/h2-9,12-14H,10-11H2,1H3,(H,24,26)(H,28,29)/b15-12-,19-13+. The van der Waals surface area contributed by atoms with Gasteiger partial charge in [0.15, 0.2) is 0 Å². The van der Waals surface area contributed by atoms with Gasteiger partial charge in [0, 0.05) is 18.7 Å². The third kappa shape index (κ3) is 6.13. The Morgan fingerprint density at radius 3 is 2.61 bits per heavy atom. The second-order valence-electron chi connectivity index (χ2n) is 6.82. The van der Waals surface area contributed by atoms with Crippen molar-refractivity contribution in [1.82, 2.24) is 4.90 Å². The number of anilines is 1. The molecule has 2 N–H and O–H groups in total. The van der Waals surface area contributed by atoms with E-state index in [4.69, 9.17) is 17.3 Å². The van der Waals surface area contributed by atoms with Crippen molar-refractivity contribution in [2.45, 2.75) is 13.3 Å². The summed E-state index contributed by atoms with van der Waals surface area (Å²) >= 11 is 6.53. The number of rotatable bonds is 7. The second-order valence-corrected chi connectivity index (χ2v) is 8.49. The Hall–Kier alpha value is -3.23. The number of nitrogens with zero attached hydrogens (tertiary/aromatic N) is 1. The highest BCUT2D eigenvalue weighted by Crippen LogP contribution is 2.32. The monoisotopic (exact) mass is 452 g/mol. The first-order valence-electron chi connectivity index (χ1n) is 9.45. The summed E-state index contributed by atoms with van der Waals surface area (Å²) in [5.41, 5.74) is 2.42. The van der Waals surface area contributed by atoms with Crippen molar-refractivity contribution in [3.63, 3.8) is 0 Å². The summed E-state index contributed by atoms with van der Waals surface area (Å²) in [5, 5.41) is 11.7. The Kier molecular flexibility index (Phi) is 7.38. The third-order valence-electron chi connectivity index (χ3n) is 4.38. The minimum atomic E-state index is -1.07. The van der Waals surface area contributed by atoms with Crippen LogP contribution < -0.4 is 5.32 Å². The lowest BCUT2D eigenvalue weighted by Gasteiger charge is -2.14. The number of carbonyl (C=O) groups excluding carboxylic acids is 2. The normalized spacial score (nSPS) is 15.5. The summed E-state index contributed by atoms with van der Waals surface area (Å²) in [4.78, 5) is 37.9. The number of thiocarbonyl (C=S) groups is 1. The SMILES string of the molecule is CC(=C/c1ccccc1)/C=C1/SC(=S)N(CCC(=O)Nc2cccc(C(=O)O)c2)C1=O. The van der Waals surface area contributed by atoms with Gasteiger partial charge >= 0.3 is 5.97 Å². The van der Waals surface area contributed by atoms with Gasteiger partial charge in [-0.15, -0.1) is 0 Å². The minimum Gasteiger partial charge on any atom is -0.478 e. The molecule has 0 atom stereocenters. The van der Waals surface area contributed by atoms with Gasteiger partial charge in [0.05, 0.1) is 10.5 Å². The number of benzene rings is 2. The lowest BCUT2D eigenvalue weighted by atomic mass is 10.1. The lowest BCUT2D eigenvalue weighted by molar-refractivity contribution is -0.122. The zero-order chi connectivity index (χ0) is 22.4.